The second-order valence-corrected chi connectivity index (χ2v) is 4.88. The van der Waals surface area contributed by atoms with Crippen LogP contribution >= 0.6 is 0 Å². The second-order valence-electron chi connectivity index (χ2n) is 4.88. The van der Waals surface area contributed by atoms with Crippen LogP contribution in [-0.4, -0.2) is 34.6 Å². The molecule has 1 aromatic rings. The molecular weight excluding hydrogens is 234 g/mol. The van der Waals surface area contributed by atoms with E-state index in [9.17, 15) is 9.59 Å². The average Bonchev–Trinajstić information content (AvgIpc) is 2.98. The van der Waals surface area contributed by atoms with Crippen LogP contribution in [0.1, 0.15) is 29.8 Å². The first-order valence-electron chi connectivity index (χ1n) is 6.21. The first-order chi connectivity index (χ1) is 8.72. The Morgan fingerprint density at radius 1 is 1.56 bits per heavy atom. The molecular formula is C12H15N3O3. The summed E-state index contributed by atoms with van der Waals surface area (Å²) in [5, 5.41) is 2.82. The number of nitrogens with one attached hydrogen (secondary N) is 2. The van der Waals surface area contributed by atoms with E-state index in [0.29, 0.717) is 24.7 Å². The van der Waals surface area contributed by atoms with Gasteiger partial charge in [0.25, 0.3) is 11.5 Å². The summed E-state index contributed by atoms with van der Waals surface area (Å²) in [5.74, 6) is 0.0959. The molecule has 0 aromatic carbocycles. The van der Waals surface area contributed by atoms with Gasteiger partial charge < -0.3 is 15.0 Å². The smallest absolute Gasteiger partial charge is 0.270 e. The highest BCUT2D eigenvalue weighted by molar-refractivity contribution is 5.92. The van der Waals surface area contributed by atoms with Crippen molar-refractivity contribution in [3.05, 3.63) is 28.4 Å². The molecule has 0 aliphatic carbocycles. The van der Waals surface area contributed by atoms with Crippen LogP contribution in [-0.2, 0) is 4.74 Å². The zero-order valence-corrected chi connectivity index (χ0v) is 9.89. The number of hydrogen-bond acceptors (Lipinski definition) is 4. The van der Waals surface area contributed by atoms with Gasteiger partial charge in [0.1, 0.15) is 5.69 Å². The third-order valence-electron chi connectivity index (χ3n) is 3.67. The molecule has 2 saturated heterocycles. The summed E-state index contributed by atoms with van der Waals surface area (Å²) in [6, 6.07) is 1.20. The van der Waals surface area contributed by atoms with Gasteiger partial charge in [0.05, 0.1) is 18.5 Å². The normalized spacial score (nSPS) is 29.4. The topological polar surface area (TPSA) is 84.1 Å². The molecule has 6 heteroatoms. The molecule has 18 heavy (non-hydrogen) atoms. The van der Waals surface area contributed by atoms with Crippen molar-refractivity contribution in [2.75, 3.05) is 6.54 Å². The summed E-state index contributed by atoms with van der Waals surface area (Å²) in [6.07, 6.45) is 5.17. The molecule has 2 aliphatic heterocycles. The predicted molar refractivity (Wildman–Crippen MR) is 63.2 cm³/mol. The molecule has 96 valence electrons. The largest absolute Gasteiger partial charge is 0.375 e. The number of amides is 1. The molecule has 2 N–H and O–H groups in total. The van der Waals surface area contributed by atoms with Crippen LogP contribution in [0.25, 0.3) is 0 Å². The number of carbonyl (C=O) groups excluding carboxylic acids is 1. The molecule has 2 fully saturated rings. The highest BCUT2D eigenvalue weighted by Crippen LogP contribution is 2.38. The van der Waals surface area contributed by atoms with Crippen LogP contribution in [0.2, 0.25) is 0 Å². The lowest BCUT2D eigenvalue weighted by atomic mass is 9.89. The fourth-order valence-corrected chi connectivity index (χ4v) is 2.76. The summed E-state index contributed by atoms with van der Waals surface area (Å²) in [4.78, 5) is 29.1. The zero-order valence-electron chi connectivity index (χ0n) is 9.89. The van der Waals surface area contributed by atoms with E-state index in [0.717, 1.165) is 19.3 Å². The Bertz CT molecular complexity index is 513. The van der Waals surface area contributed by atoms with Gasteiger partial charge in [-0.1, -0.05) is 0 Å². The van der Waals surface area contributed by atoms with E-state index >= 15 is 0 Å². The van der Waals surface area contributed by atoms with Gasteiger partial charge in [0.15, 0.2) is 0 Å². The summed E-state index contributed by atoms with van der Waals surface area (Å²) < 4.78 is 5.72. The minimum Gasteiger partial charge on any atom is -0.375 e. The van der Waals surface area contributed by atoms with E-state index in [1.165, 1.54) is 12.4 Å². The Kier molecular flexibility index (Phi) is 2.87. The maximum Gasteiger partial charge on any atom is 0.270 e. The second kappa shape index (κ2) is 4.53. The number of ether oxygens (including phenoxy) is 1. The first kappa shape index (κ1) is 11.4. The third-order valence-corrected chi connectivity index (χ3v) is 3.67. The number of fused-ring (bicyclic) bond motifs is 2. The summed E-state index contributed by atoms with van der Waals surface area (Å²) in [5.41, 5.74) is -0.166. The van der Waals surface area contributed by atoms with Crippen molar-refractivity contribution in [1.29, 1.82) is 0 Å². The lowest BCUT2D eigenvalue weighted by Gasteiger charge is -2.18. The van der Waals surface area contributed by atoms with Crippen molar-refractivity contribution in [3.63, 3.8) is 0 Å². The lowest BCUT2D eigenvalue weighted by Crippen LogP contribution is -2.34. The number of H-pyrrole nitrogens is 1. The van der Waals surface area contributed by atoms with Crippen LogP contribution in [0, 0.1) is 5.92 Å². The number of carbonyl (C=O) groups is 1. The Labute approximate surface area is 104 Å². The van der Waals surface area contributed by atoms with Crippen LogP contribution < -0.4 is 10.9 Å². The first-order valence-corrected chi connectivity index (χ1v) is 6.21. The lowest BCUT2D eigenvalue weighted by molar-refractivity contribution is 0.0870. The molecule has 1 amide bonds. The molecule has 0 unspecified atom stereocenters. The van der Waals surface area contributed by atoms with Crippen LogP contribution in [0.4, 0.5) is 0 Å². The molecule has 2 bridgehead atoms. The van der Waals surface area contributed by atoms with Crippen LogP contribution in [0.15, 0.2) is 17.2 Å². The van der Waals surface area contributed by atoms with Gasteiger partial charge in [-0.3, -0.25) is 9.59 Å². The number of aromatic nitrogens is 2. The highest BCUT2D eigenvalue weighted by atomic mass is 16.5. The quantitative estimate of drug-likeness (QED) is 0.793. The van der Waals surface area contributed by atoms with Gasteiger partial charge in [-0.25, -0.2) is 4.98 Å². The fourth-order valence-electron chi connectivity index (χ4n) is 2.76. The average molecular weight is 249 g/mol. The Balaban J connectivity index is 1.57. The number of aromatic amines is 1. The third kappa shape index (κ3) is 2.15. The van der Waals surface area contributed by atoms with Crippen LogP contribution in [0.5, 0.6) is 0 Å². The molecule has 0 spiro atoms. The van der Waals surface area contributed by atoms with Crippen molar-refractivity contribution < 1.29 is 9.53 Å². The van der Waals surface area contributed by atoms with Gasteiger partial charge in [0.2, 0.25) is 0 Å². The standard InChI is InChI=1S/C12H15N3O3/c16-11-4-9(14-6-15-11)12(17)13-5-7-3-8-1-2-10(7)18-8/h4,6-8,10H,1-3,5H2,(H,13,17)(H,14,15,16)/t7-,8+,10-/m0/s1. The van der Waals surface area contributed by atoms with Gasteiger partial charge in [-0.15, -0.1) is 0 Å². The molecule has 3 atom stereocenters. The molecule has 3 rings (SSSR count). The number of nitrogens with zero attached hydrogens (tertiary/aromatic N) is 1. The van der Waals surface area contributed by atoms with Crippen LogP contribution in [0.3, 0.4) is 0 Å². The van der Waals surface area contributed by atoms with Gasteiger partial charge >= 0.3 is 0 Å². The summed E-state index contributed by atoms with van der Waals surface area (Å²) >= 11 is 0. The van der Waals surface area contributed by atoms with Gasteiger partial charge in [0, 0.05) is 18.5 Å². The SMILES string of the molecule is O=C(NC[C@@H]1C[C@H]2CC[C@@H]1O2)c1cc(=O)[nH]cn1. The summed E-state index contributed by atoms with van der Waals surface area (Å²) in [7, 11) is 0. The van der Waals surface area contributed by atoms with E-state index < -0.39 is 0 Å². The minimum absolute atomic E-state index is 0.155. The van der Waals surface area contributed by atoms with E-state index in [4.69, 9.17) is 4.74 Å². The van der Waals surface area contributed by atoms with Crippen molar-refractivity contribution >= 4 is 5.91 Å². The Morgan fingerprint density at radius 3 is 3.11 bits per heavy atom. The summed E-state index contributed by atoms with van der Waals surface area (Å²) in [6.45, 7) is 0.592. The number of hydrogen-bond donors (Lipinski definition) is 2. The molecule has 1 aromatic heterocycles. The van der Waals surface area contributed by atoms with Crippen molar-refractivity contribution in [3.8, 4) is 0 Å². The van der Waals surface area contributed by atoms with Gasteiger partial charge in [-0.2, -0.15) is 0 Å². The molecule has 0 radical (unpaired) electrons. The molecule has 6 nitrogen and oxygen atoms in total. The maximum atomic E-state index is 11.8. The van der Waals surface area contributed by atoms with Crippen molar-refractivity contribution in [2.24, 2.45) is 5.92 Å². The van der Waals surface area contributed by atoms with Crippen molar-refractivity contribution in [1.82, 2.24) is 15.3 Å². The van der Waals surface area contributed by atoms with E-state index in [1.807, 2.05) is 0 Å². The number of rotatable bonds is 3. The highest BCUT2D eigenvalue weighted by Gasteiger charge is 2.40. The van der Waals surface area contributed by atoms with E-state index in [2.05, 4.69) is 15.3 Å². The van der Waals surface area contributed by atoms with Gasteiger partial charge in [-0.05, 0) is 19.3 Å². The molecule has 3 heterocycles. The molecule has 2 aliphatic rings. The molecule has 0 saturated carbocycles. The van der Waals surface area contributed by atoms with E-state index in [1.54, 1.807) is 0 Å². The fraction of sp³-hybridized carbons (Fsp3) is 0.583. The zero-order chi connectivity index (χ0) is 12.5. The minimum atomic E-state index is -0.321. The Hall–Kier alpha value is -1.69. The maximum absolute atomic E-state index is 11.8. The van der Waals surface area contributed by atoms with E-state index in [-0.39, 0.29) is 17.2 Å². The monoisotopic (exact) mass is 249 g/mol. The Morgan fingerprint density at radius 2 is 2.44 bits per heavy atom. The van der Waals surface area contributed by atoms with Crippen molar-refractivity contribution in [2.45, 2.75) is 31.5 Å². The predicted octanol–water partition coefficient (Wildman–Crippen LogP) is 0.0672.